The zero-order chi connectivity index (χ0) is 22.9. The van der Waals surface area contributed by atoms with E-state index >= 15 is 0 Å². The first-order valence-corrected chi connectivity index (χ1v) is 10.2. The van der Waals surface area contributed by atoms with Crippen molar-refractivity contribution in [2.45, 2.75) is 24.8 Å². The van der Waals surface area contributed by atoms with Crippen LogP contribution in [0.3, 0.4) is 0 Å². The molecule has 0 saturated carbocycles. The second-order valence-electron chi connectivity index (χ2n) is 7.21. The molecule has 3 N–H and O–H groups in total. The van der Waals surface area contributed by atoms with Gasteiger partial charge in [-0.2, -0.15) is 0 Å². The molecule has 0 bridgehead atoms. The van der Waals surface area contributed by atoms with Crippen LogP contribution in [0.1, 0.15) is 29.9 Å². The lowest BCUT2D eigenvalue weighted by atomic mass is 9.98. The van der Waals surface area contributed by atoms with E-state index in [1.807, 2.05) is 36.4 Å². The molecule has 32 heavy (non-hydrogen) atoms. The fourth-order valence-corrected chi connectivity index (χ4v) is 3.63. The summed E-state index contributed by atoms with van der Waals surface area (Å²) in [5, 5.41) is 13.9. The third kappa shape index (κ3) is 5.55. The van der Waals surface area contributed by atoms with E-state index in [-0.39, 0.29) is 25.5 Å². The van der Waals surface area contributed by atoms with Crippen molar-refractivity contribution in [1.82, 2.24) is 10.6 Å². The summed E-state index contributed by atoms with van der Waals surface area (Å²) in [5.41, 5.74) is 4.51. The zero-order valence-corrected chi connectivity index (χ0v) is 17.5. The highest BCUT2D eigenvalue weighted by Gasteiger charge is 2.28. The van der Waals surface area contributed by atoms with Gasteiger partial charge in [-0.15, -0.1) is 6.58 Å². The standard InChI is InChI=1S/C25H24N2O5/c1-2-3-13-22(24(29)30)27-23(28)14-8-15-26-25(31)32-16-21-19-11-6-4-9-17(19)18-10-5-7-12-20(18)21/h2,4-7,9-12,21-22H,1,3,13,15-16H2,(H,26,31)(H,27,28)(H,29,30). The van der Waals surface area contributed by atoms with E-state index in [9.17, 15) is 14.4 Å². The second-order valence-corrected chi connectivity index (χ2v) is 7.21. The fraction of sp³-hybridized carbons (Fsp3) is 0.240. The van der Waals surface area contributed by atoms with Crippen molar-refractivity contribution in [2.24, 2.45) is 0 Å². The molecule has 1 aliphatic carbocycles. The molecule has 1 aliphatic rings. The van der Waals surface area contributed by atoms with Gasteiger partial charge in [0.25, 0.3) is 5.91 Å². The summed E-state index contributed by atoms with van der Waals surface area (Å²) in [4.78, 5) is 35.0. The quantitative estimate of drug-likeness (QED) is 0.439. The van der Waals surface area contributed by atoms with Crippen molar-refractivity contribution in [3.8, 4) is 23.0 Å². The molecule has 0 fully saturated rings. The molecule has 3 rings (SSSR count). The molecule has 1 atom stereocenters. The van der Waals surface area contributed by atoms with Gasteiger partial charge >= 0.3 is 12.1 Å². The lowest BCUT2D eigenvalue weighted by Crippen LogP contribution is -2.40. The van der Waals surface area contributed by atoms with E-state index in [0.29, 0.717) is 6.42 Å². The molecular formula is C25H24N2O5. The van der Waals surface area contributed by atoms with Crippen molar-refractivity contribution in [2.75, 3.05) is 13.2 Å². The molecule has 0 spiro atoms. The number of carboxylic acid groups (broad SMARTS) is 1. The average Bonchev–Trinajstić information content (AvgIpc) is 3.11. The molecule has 1 unspecified atom stereocenters. The molecule has 2 amide bonds. The van der Waals surface area contributed by atoms with E-state index < -0.39 is 24.0 Å². The van der Waals surface area contributed by atoms with Gasteiger partial charge in [0, 0.05) is 5.92 Å². The topological polar surface area (TPSA) is 105 Å². The van der Waals surface area contributed by atoms with Crippen molar-refractivity contribution in [1.29, 1.82) is 0 Å². The number of nitrogens with one attached hydrogen (secondary N) is 2. The fourth-order valence-electron chi connectivity index (χ4n) is 3.63. The summed E-state index contributed by atoms with van der Waals surface area (Å²) in [7, 11) is 0. The number of rotatable bonds is 8. The smallest absolute Gasteiger partial charge is 0.407 e. The van der Waals surface area contributed by atoms with Gasteiger partial charge in [0.05, 0.1) is 6.54 Å². The number of benzene rings is 2. The molecule has 7 heteroatoms. The van der Waals surface area contributed by atoms with Gasteiger partial charge in [-0.1, -0.05) is 60.5 Å². The first-order chi connectivity index (χ1) is 15.5. The largest absolute Gasteiger partial charge is 0.480 e. The van der Waals surface area contributed by atoms with Gasteiger partial charge in [0.1, 0.15) is 12.6 Å². The molecular weight excluding hydrogens is 408 g/mol. The van der Waals surface area contributed by atoms with E-state index in [1.165, 1.54) is 0 Å². The Morgan fingerprint density at radius 1 is 1.09 bits per heavy atom. The summed E-state index contributed by atoms with van der Waals surface area (Å²) in [6, 6.07) is 15.0. The monoisotopic (exact) mass is 432 g/mol. The lowest BCUT2D eigenvalue weighted by Gasteiger charge is -2.14. The molecule has 2 aromatic carbocycles. The number of fused-ring (bicyclic) bond motifs is 3. The van der Waals surface area contributed by atoms with E-state index in [0.717, 1.165) is 22.3 Å². The minimum absolute atomic E-state index is 0.0477. The van der Waals surface area contributed by atoms with Crippen LogP contribution in [0.5, 0.6) is 0 Å². The normalized spacial score (nSPS) is 12.4. The number of allylic oxidation sites excluding steroid dienone is 1. The summed E-state index contributed by atoms with van der Waals surface area (Å²) in [6.45, 7) is 3.60. The molecule has 0 aromatic heterocycles. The van der Waals surface area contributed by atoms with Crippen LogP contribution in [0.2, 0.25) is 0 Å². The van der Waals surface area contributed by atoms with Gasteiger partial charge in [0.15, 0.2) is 0 Å². The Morgan fingerprint density at radius 2 is 1.72 bits per heavy atom. The number of carboxylic acids is 1. The minimum atomic E-state index is -1.14. The number of carbonyl (C=O) groups excluding carboxylic acids is 2. The Bertz CT molecular complexity index is 1040. The van der Waals surface area contributed by atoms with Crippen molar-refractivity contribution in [3.63, 3.8) is 0 Å². The molecule has 7 nitrogen and oxygen atoms in total. The van der Waals surface area contributed by atoms with Crippen molar-refractivity contribution < 1.29 is 24.2 Å². The maximum absolute atomic E-state index is 12.1. The van der Waals surface area contributed by atoms with E-state index in [1.54, 1.807) is 6.08 Å². The van der Waals surface area contributed by atoms with Crippen LogP contribution in [0, 0.1) is 11.8 Å². The van der Waals surface area contributed by atoms with E-state index in [4.69, 9.17) is 9.84 Å². The lowest BCUT2D eigenvalue weighted by molar-refractivity contribution is -0.141. The maximum Gasteiger partial charge on any atom is 0.407 e. The molecule has 0 aliphatic heterocycles. The average molecular weight is 432 g/mol. The molecule has 0 heterocycles. The number of hydrogen-bond donors (Lipinski definition) is 3. The molecule has 2 aromatic rings. The molecule has 0 saturated heterocycles. The SMILES string of the molecule is C=CCCC(NC(=O)C#CCNC(=O)OCC1c2ccccc2-c2ccccc21)C(=O)O. The Kier molecular flexibility index (Phi) is 7.65. The molecule has 0 radical (unpaired) electrons. The third-order valence-electron chi connectivity index (χ3n) is 5.13. The van der Waals surface area contributed by atoms with Gasteiger partial charge in [0.2, 0.25) is 0 Å². The predicted molar refractivity (Wildman–Crippen MR) is 120 cm³/mol. The number of hydrogen-bond acceptors (Lipinski definition) is 4. The van der Waals surface area contributed by atoms with Crippen molar-refractivity contribution >= 4 is 18.0 Å². The highest BCUT2D eigenvalue weighted by molar-refractivity contribution is 5.96. The highest BCUT2D eigenvalue weighted by Crippen LogP contribution is 2.44. The Hall–Kier alpha value is -4.05. The summed E-state index contributed by atoms with van der Waals surface area (Å²) < 4.78 is 5.38. The first kappa shape index (κ1) is 22.6. The van der Waals surface area contributed by atoms with Crippen LogP contribution in [-0.2, 0) is 14.3 Å². The summed E-state index contributed by atoms with van der Waals surface area (Å²) >= 11 is 0. The summed E-state index contributed by atoms with van der Waals surface area (Å²) in [5.74, 6) is 2.84. The molecule has 164 valence electrons. The van der Waals surface area contributed by atoms with Crippen LogP contribution < -0.4 is 10.6 Å². The van der Waals surface area contributed by atoms with Crippen LogP contribution in [0.4, 0.5) is 4.79 Å². The summed E-state index contributed by atoms with van der Waals surface area (Å²) in [6.07, 6.45) is 1.61. The Balaban J connectivity index is 1.48. The second kappa shape index (κ2) is 10.8. The zero-order valence-electron chi connectivity index (χ0n) is 17.5. The number of carbonyl (C=O) groups is 3. The highest BCUT2D eigenvalue weighted by atomic mass is 16.5. The van der Waals surface area contributed by atoms with Crippen LogP contribution >= 0.6 is 0 Å². The number of aliphatic carboxylic acids is 1. The third-order valence-corrected chi connectivity index (χ3v) is 5.13. The van der Waals surface area contributed by atoms with Crippen LogP contribution in [0.25, 0.3) is 11.1 Å². The first-order valence-electron chi connectivity index (χ1n) is 10.2. The predicted octanol–water partition coefficient (Wildman–Crippen LogP) is 3.06. The maximum atomic E-state index is 12.1. The number of amides is 2. The van der Waals surface area contributed by atoms with Crippen LogP contribution in [-0.4, -0.2) is 42.3 Å². The Morgan fingerprint density at radius 3 is 2.31 bits per heavy atom. The number of ether oxygens (including phenoxy) is 1. The van der Waals surface area contributed by atoms with Gasteiger partial charge < -0.3 is 20.5 Å². The number of alkyl carbamates (subject to hydrolysis) is 1. The van der Waals surface area contributed by atoms with Crippen LogP contribution in [0.15, 0.2) is 61.2 Å². The minimum Gasteiger partial charge on any atom is -0.480 e. The van der Waals surface area contributed by atoms with E-state index in [2.05, 4.69) is 41.2 Å². The van der Waals surface area contributed by atoms with Gasteiger partial charge in [-0.3, -0.25) is 4.79 Å². The van der Waals surface area contributed by atoms with Crippen molar-refractivity contribution in [3.05, 3.63) is 72.3 Å². The van der Waals surface area contributed by atoms with Gasteiger partial charge in [-0.05, 0) is 41.0 Å². The Labute approximate surface area is 186 Å². The van der Waals surface area contributed by atoms with Gasteiger partial charge in [-0.25, -0.2) is 9.59 Å².